The zero-order valence-corrected chi connectivity index (χ0v) is 15.3. The minimum absolute atomic E-state index is 0.198. The first-order chi connectivity index (χ1) is 13.0. The molecule has 0 radical (unpaired) electrons. The van der Waals surface area contributed by atoms with Gasteiger partial charge in [0, 0.05) is 48.2 Å². The van der Waals surface area contributed by atoms with Crippen LogP contribution in [0.5, 0.6) is 0 Å². The lowest BCUT2D eigenvalue weighted by Gasteiger charge is -2.08. The lowest BCUT2D eigenvalue weighted by atomic mass is 10.1. The van der Waals surface area contributed by atoms with E-state index in [9.17, 15) is 4.79 Å². The Bertz CT molecular complexity index is 1020. The van der Waals surface area contributed by atoms with Gasteiger partial charge in [-0.15, -0.1) is 0 Å². The molecule has 5 N–H and O–H groups in total. The minimum atomic E-state index is -0.358. The Morgan fingerprint density at radius 1 is 1.26 bits per heavy atom. The second-order valence-electron chi connectivity index (χ2n) is 6.21. The van der Waals surface area contributed by atoms with Crippen molar-refractivity contribution < 1.29 is 4.79 Å². The van der Waals surface area contributed by atoms with Gasteiger partial charge in [0.1, 0.15) is 5.69 Å². The number of benzene rings is 2. The van der Waals surface area contributed by atoms with Crippen molar-refractivity contribution in [3.05, 3.63) is 59.8 Å². The fraction of sp³-hybridized carbons (Fsp3) is 0.150. The number of anilines is 1. The number of carbonyl (C=O) groups excluding carboxylic acids is 1. The third-order valence-electron chi connectivity index (χ3n) is 4.34. The van der Waals surface area contributed by atoms with Crippen LogP contribution in [0, 0.1) is 12.3 Å². The first kappa shape index (κ1) is 18.2. The first-order valence-electron chi connectivity index (χ1n) is 8.52. The molecule has 0 fully saturated rings. The molecular weight excluding hydrogens is 340 g/mol. The standard InChI is InChI=1S/C20H22N6O/c1-13-4-3-5-17-18(25-26(2)19(13)17)15-6-8-16(9-7-15)24-20(27)23-12-14(10-21)11-22/h3-11,21H,12,22H2,1-2H3,(H2,23,24,27)/b14-11+,21-10?. The average molecular weight is 362 g/mol. The molecule has 7 heteroatoms. The minimum Gasteiger partial charge on any atom is -0.404 e. The van der Waals surface area contributed by atoms with Gasteiger partial charge in [-0.2, -0.15) is 5.10 Å². The van der Waals surface area contributed by atoms with E-state index in [4.69, 9.17) is 11.1 Å². The molecule has 0 bridgehead atoms. The molecular formula is C20H22N6O. The molecule has 1 heterocycles. The van der Waals surface area contributed by atoms with Crippen LogP contribution >= 0.6 is 0 Å². The third kappa shape index (κ3) is 3.82. The predicted molar refractivity (Wildman–Crippen MR) is 109 cm³/mol. The van der Waals surface area contributed by atoms with Crippen LogP contribution in [-0.4, -0.2) is 28.6 Å². The van der Waals surface area contributed by atoms with Gasteiger partial charge in [-0.25, -0.2) is 4.79 Å². The van der Waals surface area contributed by atoms with E-state index in [-0.39, 0.29) is 12.6 Å². The molecule has 0 unspecified atom stereocenters. The van der Waals surface area contributed by atoms with E-state index >= 15 is 0 Å². The maximum absolute atomic E-state index is 11.9. The topological polar surface area (TPSA) is 109 Å². The summed E-state index contributed by atoms with van der Waals surface area (Å²) in [7, 11) is 1.94. The number of fused-ring (bicyclic) bond motifs is 1. The van der Waals surface area contributed by atoms with Crippen molar-refractivity contribution in [1.29, 1.82) is 5.41 Å². The molecule has 7 nitrogen and oxygen atoms in total. The fourth-order valence-corrected chi connectivity index (χ4v) is 2.97. The zero-order valence-electron chi connectivity index (χ0n) is 15.3. The van der Waals surface area contributed by atoms with Crippen molar-refractivity contribution in [1.82, 2.24) is 15.1 Å². The summed E-state index contributed by atoms with van der Waals surface area (Å²) in [4.78, 5) is 11.9. The SMILES string of the molecule is Cc1cccc2c(-c3ccc(NC(=O)NC/C(C=N)=C/N)cc3)nn(C)c12. The predicted octanol–water partition coefficient (Wildman–Crippen LogP) is 3.16. The molecule has 3 rings (SSSR count). The van der Waals surface area contributed by atoms with Crippen LogP contribution < -0.4 is 16.4 Å². The van der Waals surface area contributed by atoms with Crippen LogP contribution in [0.15, 0.2) is 54.2 Å². The molecule has 27 heavy (non-hydrogen) atoms. The van der Waals surface area contributed by atoms with Crippen molar-refractivity contribution in [2.24, 2.45) is 12.8 Å². The number of para-hydroxylation sites is 1. The van der Waals surface area contributed by atoms with E-state index in [1.165, 1.54) is 11.8 Å². The van der Waals surface area contributed by atoms with Gasteiger partial charge in [-0.3, -0.25) is 4.68 Å². The average Bonchev–Trinajstić information content (AvgIpc) is 3.01. The highest BCUT2D eigenvalue weighted by Crippen LogP contribution is 2.29. The van der Waals surface area contributed by atoms with Crippen molar-refractivity contribution in [2.45, 2.75) is 6.92 Å². The van der Waals surface area contributed by atoms with Gasteiger partial charge < -0.3 is 21.8 Å². The molecule has 0 spiro atoms. The third-order valence-corrected chi connectivity index (χ3v) is 4.34. The van der Waals surface area contributed by atoms with Gasteiger partial charge in [-0.05, 0) is 24.6 Å². The Balaban J connectivity index is 1.76. The number of nitrogens with two attached hydrogens (primary N) is 1. The van der Waals surface area contributed by atoms with Gasteiger partial charge in [0.25, 0.3) is 0 Å². The number of hydrogen-bond donors (Lipinski definition) is 4. The molecule has 0 atom stereocenters. The molecule has 0 aliphatic heterocycles. The number of aromatic nitrogens is 2. The van der Waals surface area contributed by atoms with Crippen LogP contribution in [0.4, 0.5) is 10.5 Å². The molecule has 0 saturated heterocycles. The monoisotopic (exact) mass is 362 g/mol. The number of nitrogens with one attached hydrogen (secondary N) is 3. The highest BCUT2D eigenvalue weighted by atomic mass is 16.2. The van der Waals surface area contributed by atoms with Crippen LogP contribution in [0.25, 0.3) is 22.2 Å². The van der Waals surface area contributed by atoms with Crippen LogP contribution in [0.3, 0.4) is 0 Å². The van der Waals surface area contributed by atoms with Crippen LogP contribution in [0.1, 0.15) is 5.56 Å². The van der Waals surface area contributed by atoms with Crippen molar-refractivity contribution >= 4 is 28.8 Å². The zero-order chi connectivity index (χ0) is 19.4. The molecule has 3 aromatic rings. The van der Waals surface area contributed by atoms with Crippen LogP contribution in [0.2, 0.25) is 0 Å². The van der Waals surface area contributed by atoms with E-state index in [0.717, 1.165) is 28.4 Å². The van der Waals surface area contributed by atoms with Gasteiger partial charge >= 0.3 is 6.03 Å². The number of aryl methyl sites for hydroxylation is 2. The van der Waals surface area contributed by atoms with Gasteiger partial charge in [0.05, 0.1) is 5.52 Å². The van der Waals surface area contributed by atoms with E-state index in [2.05, 4.69) is 34.8 Å². The lowest BCUT2D eigenvalue weighted by Crippen LogP contribution is -2.30. The van der Waals surface area contributed by atoms with E-state index in [1.54, 1.807) is 0 Å². The summed E-state index contributed by atoms with van der Waals surface area (Å²) < 4.78 is 1.89. The number of amides is 2. The molecule has 0 aliphatic rings. The maximum atomic E-state index is 11.9. The van der Waals surface area contributed by atoms with Crippen molar-refractivity contribution in [3.63, 3.8) is 0 Å². The Morgan fingerprint density at radius 3 is 2.67 bits per heavy atom. The lowest BCUT2D eigenvalue weighted by molar-refractivity contribution is 0.253. The summed E-state index contributed by atoms with van der Waals surface area (Å²) in [6, 6.07) is 13.3. The highest BCUT2D eigenvalue weighted by Gasteiger charge is 2.12. The summed E-state index contributed by atoms with van der Waals surface area (Å²) in [5.74, 6) is 0. The molecule has 0 saturated carbocycles. The number of urea groups is 1. The summed E-state index contributed by atoms with van der Waals surface area (Å²) in [6.07, 6.45) is 2.40. The largest absolute Gasteiger partial charge is 0.404 e. The Labute approximate surface area is 157 Å². The number of hydrogen-bond acceptors (Lipinski definition) is 4. The van der Waals surface area contributed by atoms with Gasteiger partial charge in [0.2, 0.25) is 0 Å². The Hall–Kier alpha value is -3.61. The Morgan fingerprint density at radius 2 is 2.00 bits per heavy atom. The van der Waals surface area contributed by atoms with Crippen molar-refractivity contribution in [2.75, 3.05) is 11.9 Å². The van der Waals surface area contributed by atoms with Gasteiger partial charge in [-0.1, -0.05) is 30.3 Å². The number of carbonyl (C=O) groups is 1. The molecule has 138 valence electrons. The first-order valence-corrected chi connectivity index (χ1v) is 8.52. The Kier molecular flexibility index (Phi) is 5.21. The van der Waals surface area contributed by atoms with E-state index in [1.807, 2.05) is 42.1 Å². The van der Waals surface area contributed by atoms with Gasteiger partial charge in [0.15, 0.2) is 0 Å². The fourth-order valence-electron chi connectivity index (χ4n) is 2.97. The van der Waals surface area contributed by atoms with E-state index < -0.39 is 0 Å². The second-order valence-corrected chi connectivity index (χ2v) is 6.21. The quantitative estimate of drug-likeness (QED) is 0.523. The molecule has 1 aromatic heterocycles. The second kappa shape index (κ2) is 7.74. The van der Waals surface area contributed by atoms with Crippen LogP contribution in [-0.2, 0) is 7.05 Å². The smallest absolute Gasteiger partial charge is 0.319 e. The summed E-state index contributed by atoms with van der Waals surface area (Å²) in [5, 5.41) is 18.3. The van der Waals surface area contributed by atoms with E-state index in [0.29, 0.717) is 11.3 Å². The highest BCUT2D eigenvalue weighted by molar-refractivity contribution is 5.95. The summed E-state index contributed by atoms with van der Waals surface area (Å²) >= 11 is 0. The van der Waals surface area contributed by atoms with Crippen molar-refractivity contribution in [3.8, 4) is 11.3 Å². The summed E-state index contributed by atoms with van der Waals surface area (Å²) in [6.45, 7) is 2.27. The normalized spacial score (nSPS) is 11.4. The number of nitrogens with zero attached hydrogens (tertiary/aromatic N) is 2. The molecule has 2 aromatic carbocycles. The maximum Gasteiger partial charge on any atom is 0.319 e. The summed E-state index contributed by atoms with van der Waals surface area (Å²) in [5.41, 5.74) is 10.7. The molecule has 2 amide bonds. The number of rotatable bonds is 5. The molecule has 0 aliphatic carbocycles.